The van der Waals surface area contributed by atoms with Crippen molar-refractivity contribution in [2.75, 3.05) is 17.3 Å². The number of rotatable bonds is 4. The van der Waals surface area contributed by atoms with Crippen molar-refractivity contribution in [1.82, 2.24) is 15.2 Å². The summed E-state index contributed by atoms with van der Waals surface area (Å²) >= 11 is 5.63. The maximum atomic E-state index is 13.0. The van der Waals surface area contributed by atoms with Crippen LogP contribution in [0.2, 0.25) is 5.02 Å². The number of benzene rings is 2. The van der Waals surface area contributed by atoms with E-state index >= 15 is 0 Å². The van der Waals surface area contributed by atoms with Crippen LogP contribution in [-0.4, -0.2) is 22.2 Å². The second kappa shape index (κ2) is 7.17. The zero-order valence-corrected chi connectivity index (χ0v) is 14.3. The van der Waals surface area contributed by atoms with Gasteiger partial charge in [0.25, 0.3) is 5.95 Å². The van der Waals surface area contributed by atoms with Gasteiger partial charge in [-0.05, 0) is 30.3 Å². The Hall–Kier alpha value is -2.87. The molecule has 3 rings (SSSR count). The zero-order valence-electron chi connectivity index (χ0n) is 13.5. The maximum Gasteiger partial charge on any atom is 0.417 e. The standard InChI is InChI=1S/C17H13ClF3N5/c1-26(12-5-3-2-4-6-12)16-24-15(10-22-25-16)23-11-7-8-14(18)13(9-11)17(19,20)21/h2-10H,1H3,(H,23,24,25). The molecule has 0 fully saturated rings. The van der Waals surface area contributed by atoms with Crippen LogP contribution in [0, 0.1) is 0 Å². The topological polar surface area (TPSA) is 53.9 Å². The highest BCUT2D eigenvalue weighted by molar-refractivity contribution is 6.31. The van der Waals surface area contributed by atoms with E-state index in [1.54, 1.807) is 11.9 Å². The van der Waals surface area contributed by atoms with Crippen molar-refractivity contribution >= 4 is 34.7 Å². The number of aromatic nitrogens is 3. The van der Waals surface area contributed by atoms with Crippen LogP contribution in [-0.2, 0) is 6.18 Å². The molecule has 0 aliphatic rings. The van der Waals surface area contributed by atoms with E-state index in [4.69, 9.17) is 11.6 Å². The van der Waals surface area contributed by atoms with Crippen molar-refractivity contribution in [3.63, 3.8) is 0 Å². The van der Waals surface area contributed by atoms with Gasteiger partial charge < -0.3 is 10.2 Å². The van der Waals surface area contributed by atoms with Gasteiger partial charge in [0.2, 0.25) is 0 Å². The monoisotopic (exact) mass is 379 g/mol. The van der Waals surface area contributed by atoms with Gasteiger partial charge >= 0.3 is 6.18 Å². The summed E-state index contributed by atoms with van der Waals surface area (Å²) in [7, 11) is 1.76. The summed E-state index contributed by atoms with van der Waals surface area (Å²) in [5.74, 6) is 0.555. The van der Waals surface area contributed by atoms with Crippen molar-refractivity contribution in [3.05, 3.63) is 65.3 Å². The van der Waals surface area contributed by atoms with E-state index in [1.807, 2.05) is 30.3 Å². The Labute approximate surface area is 152 Å². The lowest BCUT2D eigenvalue weighted by molar-refractivity contribution is -0.137. The van der Waals surface area contributed by atoms with Gasteiger partial charge in [-0.15, -0.1) is 5.10 Å². The minimum Gasteiger partial charge on any atom is -0.339 e. The molecule has 0 amide bonds. The SMILES string of the molecule is CN(c1ccccc1)c1nncc(Nc2ccc(Cl)c(C(F)(F)F)c2)n1. The Kier molecular flexibility index (Phi) is 4.94. The third-order valence-electron chi connectivity index (χ3n) is 3.54. The number of anilines is 4. The number of nitrogens with one attached hydrogen (secondary N) is 1. The second-order valence-electron chi connectivity index (χ2n) is 5.35. The molecule has 0 atom stereocenters. The molecular weight excluding hydrogens is 367 g/mol. The summed E-state index contributed by atoms with van der Waals surface area (Å²) in [6, 6.07) is 12.9. The van der Waals surface area contributed by atoms with Crippen molar-refractivity contribution in [1.29, 1.82) is 0 Å². The van der Waals surface area contributed by atoms with Gasteiger partial charge in [-0.25, -0.2) is 0 Å². The van der Waals surface area contributed by atoms with Gasteiger partial charge in [-0.3, -0.25) is 0 Å². The van der Waals surface area contributed by atoms with Crippen LogP contribution in [0.15, 0.2) is 54.7 Å². The maximum absolute atomic E-state index is 13.0. The molecule has 0 unspecified atom stereocenters. The third-order valence-corrected chi connectivity index (χ3v) is 3.86. The number of para-hydroxylation sites is 1. The minimum atomic E-state index is -4.54. The molecule has 1 N–H and O–H groups in total. The molecular formula is C17H13ClF3N5. The summed E-state index contributed by atoms with van der Waals surface area (Å²) in [5.41, 5.74) is 0.112. The molecule has 0 saturated heterocycles. The fourth-order valence-electron chi connectivity index (χ4n) is 2.23. The van der Waals surface area contributed by atoms with Crippen LogP contribution < -0.4 is 10.2 Å². The van der Waals surface area contributed by atoms with E-state index in [1.165, 1.54) is 18.3 Å². The molecule has 1 heterocycles. The Balaban J connectivity index is 1.86. The molecule has 0 aliphatic carbocycles. The molecule has 0 aliphatic heterocycles. The molecule has 2 aromatic carbocycles. The highest BCUT2D eigenvalue weighted by Crippen LogP contribution is 2.36. The first-order valence-corrected chi connectivity index (χ1v) is 7.84. The average Bonchev–Trinajstić information content (AvgIpc) is 2.63. The van der Waals surface area contributed by atoms with Crippen molar-refractivity contribution in [3.8, 4) is 0 Å². The van der Waals surface area contributed by atoms with Crippen LogP contribution in [0.25, 0.3) is 0 Å². The van der Waals surface area contributed by atoms with Crippen LogP contribution in [0.5, 0.6) is 0 Å². The summed E-state index contributed by atoms with van der Waals surface area (Å²) in [6.45, 7) is 0. The quantitative estimate of drug-likeness (QED) is 0.687. The van der Waals surface area contributed by atoms with Crippen molar-refractivity contribution < 1.29 is 13.2 Å². The number of nitrogens with zero attached hydrogens (tertiary/aromatic N) is 4. The first-order chi connectivity index (χ1) is 12.3. The number of hydrogen-bond donors (Lipinski definition) is 1. The van der Waals surface area contributed by atoms with Gasteiger partial charge in [-0.2, -0.15) is 23.3 Å². The molecule has 3 aromatic rings. The zero-order chi connectivity index (χ0) is 18.7. The minimum absolute atomic E-state index is 0.190. The van der Waals surface area contributed by atoms with Crippen LogP contribution in [0.4, 0.5) is 36.3 Å². The highest BCUT2D eigenvalue weighted by atomic mass is 35.5. The molecule has 1 aromatic heterocycles. The fraction of sp³-hybridized carbons (Fsp3) is 0.118. The van der Waals surface area contributed by atoms with Crippen LogP contribution >= 0.6 is 11.6 Å². The Bertz CT molecular complexity index is 902. The number of alkyl halides is 3. The van der Waals surface area contributed by atoms with E-state index < -0.39 is 11.7 Å². The largest absolute Gasteiger partial charge is 0.417 e. The van der Waals surface area contributed by atoms with Crippen LogP contribution in [0.3, 0.4) is 0 Å². The molecule has 134 valence electrons. The summed E-state index contributed by atoms with van der Waals surface area (Å²) in [6.07, 6.45) is -3.22. The molecule has 9 heteroatoms. The predicted octanol–water partition coefficient (Wildman–Crippen LogP) is 5.06. The van der Waals surface area contributed by atoms with Gasteiger partial charge in [0.1, 0.15) is 0 Å². The highest BCUT2D eigenvalue weighted by Gasteiger charge is 2.33. The molecule has 0 saturated carbocycles. The second-order valence-corrected chi connectivity index (χ2v) is 5.76. The molecule has 0 spiro atoms. The average molecular weight is 380 g/mol. The van der Waals surface area contributed by atoms with Gasteiger partial charge in [0.15, 0.2) is 5.82 Å². The van der Waals surface area contributed by atoms with E-state index in [0.29, 0.717) is 5.95 Å². The molecule has 5 nitrogen and oxygen atoms in total. The van der Waals surface area contributed by atoms with Gasteiger partial charge in [-0.1, -0.05) is 29.8 Å². The smallest absolute Gasteiger partial charge is 0.339 e. The normalized spacial score (nSPS) is 11.3. The first kappa shape index (κ1) is 17.9. The van der Waals surface area contributed by atoms with E-state index in [9.17, 15) is 13.2 Å². The lowest BCUT2D eigenvalue weighted by atomic mass is 10.2. The van der Waals surface area contributed by atoms with Gasteiger partial charge in [0, 0.05) is 18.4 Å². The van der Waals surface area contributed by atoms with Crippen molar-refractivity contribution in [2.45, 2.75) is 6.18 Å². The van der Waals surface area contributed by atoms with E-state index in [2.05, 4.69) is 20.5 Å². The summed E-state index contributed by atoms with van der Waals surface area (Å²) in [4.78, 5) is 6.00. The van der Waals surface area contributed by atoms with Crippen molar-refractivity contribution in [2.24, 2.45) is 0 Å². The Morgan fingerprint density at radius 3 is 2.50 bits per heavy atom. The molecule has 26 heavy (non-hydrogen) atoms. The van der Waals surface area contributed by atoms with E-state index in [-0.39, 0.29) is 16.5 Å². The molecule has 0 radical (unpaired) electrons. The Morgan fingerprint density at radius 2 is 1.81 bits per heavy atom. The lowest BCUT2D eigenvalue weighted by Crippen LogP contribution is -2.14. The fourth-order valence-corrected chi connectivity index (χ4v) is 2.46. The summed E-state index contributed by atoms with van der Waals surface area (Å²) < 4.78 is 38.9. The Morgan fingerprint density at radius 1 is 1.08 bits per heavy atom. The van der Waals surface area contributed by atoms with Crippen LogP contribution in [0.1, 0.15) is 5.56 Å². The number of halogens is 4. The number of hydrogen-bond acceptors (Lipinski definition) is 5. The summed E-state index contributed by atoms with van der Waals surface area (Å²) in [5, 5.41) is 10.2. The predicted molar refractivity (Wildman–Crippen MR) is 94.1 cm³/mol. The third kappa shape index (κ3) is 4.02. The first-order valence-electron chi connectivity index (χ1n) is 7.47. The van der Waals surface area contributed by atoms with Gasteiger partial charge in [0.05, 0.1) is 16.8 Å². The lowest BCUT2D eigenvalue weighted by Gasteiger charge is -2.17. The van der Waals surface area contributed by atoms with E-state index in [0.717, 1.165) is 11.8 Å². The molecule has 0 bridgehead atoms.